The zero-order valence-electron chi connectivity index (χ0n) is 14.5. The van der Waals surface area contributed by atoms with Crippen molar-refractivity contribution < 1.29 is 14.3 Å². The average molecular weight is 441 g/mol. The number of hydrogen-bond acceptors (Lipinski definition) is 3. The van der Waals surface area contributed by atoms with Crippen LogP contribution in [0.1, 0.15) is 50.4 Å². The summed E-state index contributed by atoms with van der Waals surface area (Å²) in [6.07, 6.45) is 3.23. The van der Waals surface area contributed by atoms with E-state index in [-0.39, 0.29) is 29.4 Å². The molecule has 1 aromatic carbocycles. The molecule has 24 heavy (non-hydrogen) atoms. The molecule has 2 atom stereocenters. The number of likely N-dealkylation sites (tertiary alicyclic amines) is 1. The van der Waals surface area contributed by atoms with Gasteiger partial charge in [-0.05, 0) is 70.9 Å². The zero-order valence-corrected chi connectivity index (χ0v) is 16.6. The van der Waals surface area contributed by atoms with Crippen LogP contribution in [0.5, 0.6) is 0 Å². The molecule has 2 fully saturated rings. The van der Waals surface area contributed by atoms with Crippen LogP contribution in [0.3, 0.4) is 0 Å². The smallest absolute Gasteiger partial charge is 0.338 e. The Balaban J connectivity index is 1.61. The molecule has 2 aliphatic rings. The molecule has 0 aromatic heterocycles. The van der Waals surface area contributed by atoms with Gasteiger partial charge < -0.3 is 9.64 Å². The number of amides is 1. The van der Waals surface area contributed by atoms with Crippen molar-refractivity contribution in [2.45, 2.75) is 46.1 Å². The molecule has 1 aromatic rings. The fraction of sp³-hybridized carbons (Fsp3) is 0.579. The van der Waals surface area contributed by atoms with Gasteiger partial charge in [-0.15, -0.1) is 0 Å². The second-order valence-corrected chi connectivity index (χ2v) is 9.57. The Morgan fingerprint density at radius 2 is 2.04 bits per heavy atom. The van der Waals surface area contributed by atoms with Crippen LogP contribution < -0.4 is 0 Å². The summed E-state index contributed by atoms with van der Waals surface area (Å²) in [6, 6.07) is 7.48. The van der Waals surface area contributed by atoms with Crippen molar-refractivity contribution in [2.24, 2.45) is 10.8 Å². The number of hydrogen-bond donors (Lipinski definition) is 0. The number of benzene rings is 1. The van der Waals surface area contributed by atoms with Crippen LogP contribution >= 0.6 is 22.6 Å². The Labute approximate surface area is 157 Å². The van der Waals surface area contributed by atoms with Crippen LogP contribution in [0.15, 0.2) is 24.3 Å². The first-order valence-corrected chi connectivity index (χ1v) is 9.48. The maximum absolute atomic E-state index is 12.6. The average Bonchev–Trinajstić information content (AvgIpc) is 2.73. The number of carbonyl (C=O) groups is 2. The van der Waals surface area contributed by atoms with Crippen LogP contribution in [0.4, 0.5) is 0 Å². The minimum Gasteiger partial charge on any atom is -0.452 e. The van der Waals surface area contributed by atoms with Crippen molar-refractivity contribution in [2.75, 3.05) is 13.2 Å². The largest absolute Gasteiger partial charge is 0.452 e. The lowest BCUT2D eigenvalue weighted by molar-refractivity contribution is -0.135. The maximum atomic E-state index is 12.6. The molecule has 130 valence electrons. The van der Waals surface area contributed by atoms with Crippen molar-refractivity contribution in [1.29, 1.82) is 0 Å². The Morgan fingerprint density at radius 3 is 2.75 bits per heavy atom. The van der Waals surface area contributed by atoms with Crippen molar-refractivity contribution in [1.82, 2.24) is 4.90 Å². The summed E-state index contributed by atoms with van der Waals surface area (Å²) in [5.74, 6) is -0.504. The van der Waals surface area contributed by atoms with Crippen LogP contribution in [0.2, 0.25) is 0 Å². The number of fused-ring (bicyclic) bond motifs is 2. The molecule has 5 heteroatoms. The van der Waals surface area contributed by atoms with Gasteiger partial charge in [0.15, 0.2) is 6.61 Å². The van der Waals surface area contributed by atoms with E-state index in [9.17, 15) is 9.59 Å². The molecule has 4 nitrogen and oxygen atoms in total. The lowest BCUT2D eigenvalue weighted by Gasteiger charge is -2.39. The van der Waals surface area contributed by atoms with E-state index >= 15 is 0 Å². The molecule has 1 aliphatic carbocycles. The molecular formula is C19H24INO3. The van der Waals surface area contributed by atoms with E-state index in [2.05, 4.69) is 43.4 Å². The molecule has 3 rings (SSSR count). The highest BCUT2D eigenvalue weighted by molar-refractivity contribution is 14.1. The number of esters is 1. The Bertz CT molecular complexity index is 672. The summed E-state index contributed by atoms with van der Waals surface area (Å²) in [7, 11) is 0. The number of carbonyl (C=O) groups excluding carboxylic acids is 2. The van der Waals surface area contributed by atoms with E-state index in [1.54, 1.807) is 12.1 Å². The van der Waals surface area contributed by atoms with Crippen molar-refractivity contribution in [3.63, 3.8) is 0 Å². The Morgan fingerprint density at radius 1 is 1.29 bits per heavy atom. The summed E-state index contributed by atoms with van der Waals surface area (Å²) in [5.41, 5.74) is 0.953. The highest BCUT2D eigenvalue weighted by atomic mass is 127. The zero-order chi connectivity index (χ0) is 17.5. The summed E-state index contributed by atoms with van der Waals surface area (Å²) in [5, 5.41) is 0. The number of rotatable bonds is 3. The molecule has 0 N–H and O–H groups in total. The lowest BCUT2D eigenvalue weighted by Crippen LogP contribution is -2.39. The van der Waals surface area contributed by atoms with E-state index in [1.165, 1.54) is 0 Å². The van der Waals surface area contributed by atoms with Gasteiger partial charge in [-0.25, -0.2) is 4.79 Å². The van der Waals surface area contributed by atoms with Crippen LogP contribution in [0.25, 0.3) is 0 Å². The first kappa shape index (κ1) is 17.7. The standard InChI is InChI=1S/C19H24INO3/c1-18(2)8-15-9-19(3,11-18)12-21(15)16(22)10-24-17(23)13-5-4-6-14(20)7-13/h4-7,15H,8-12H2,1-3H3/t15-,19+/m0/s1. The molecule has 0 radical (unpaired) electrons. The first-order chi connectivity index (χ1) is 11.2. The SMILES string of the molecule is CC1(C)C[C@H]2C[C@@](C)(CN2C(=O)COC(=O)c2cccc(I)c2)C1. The molecular weight excluding hydrogens is 417 g/mol. The first-order valence-electron chi connectivity index (χ1n) is 8.40. The van der Waals surface area contributed by atoms with Gasteiger partial charge in [-0.3, -0.25) is 4.79 Å². The molecule has 1 aliphatic heterocycles. The van der Waals surface area contributed by atoms with E-state index in [1.807, 2.05) is 17.0 Å². The van der Waals surface area contributed by atoms with Crippen LogP contribution in [-0.4, -0.2) is 36.0 Å². The summed E-state index contributed by atoms with van der Waals surface area (Å²) < 4.78 is 6.23. The van der Waals surface area contributed by atoms with Gasteiger partial charge in [0.1, 0.15) is 0 Å². The van der Waals surface area contributed by atoms with E-state index < -0.39 is 5.97 Å². The van der Waals surface area contributed by atoms with E-state index in [0.29, 0.717) is 5.56 Å². The molecule has 0 spiro atoms. The second-order valence-electron chi connectivity index (χ2n) is 8.32. The lowest BCUT2D eigenvalue weighted by atomic mass is 9.65. The Kier molecular flexibility index (Phi) is 4.66. The highest BCUT2D eigenvalue weighted by Gasteiger charge is 2.50. The third-order valence-corrected chi connectivity index (χ3v) is 5.79. The predicted octanol–water partition coefficient (Wildman–Crippen LogP) is 3.88. The minimum atomic E-state index is -0.435. The maximum Gasteiger partial charge on any atom is 0.338 e. The number of ether oxygens (including phenoxy) is 1. The fourth-order valence-electron chi connectivity index (χ4n) is 4.66. The Hall–Kier alpha value is -1.11. The van der Waals surface area contributed by atoms with Gasteiger partial charge in [-0.1, -0.05) is 26.8 Å². The molecule has 1 saturated heterocycles. The van der Waals surface area contributed by atoms with Crippen LogP contribution in [0, 0.1) is 14.4 Å². The quantitative estimate of drug-likeness (QED) is 0.529. The van der Waals surface area contributed by atoms with Crippen molar-refractivity contribution >= 4 is 34.5 Å². The molecule has 1 heterocycles. The van der Waals surface area contributed by atoms with Crippen molar-refractivity contribution in [3.05, 3.63) is 33.4 Å². The molecule has 1 amide bonds. The van der Waals surface area contributed by atoms with Gasteiger partial charge in [0.25, 0.3) is 5.91 Å². The summed E-state index contributed by atoms with van der Waals surface area (Å²) >= 11 is 2.15. The minimum absolute atomic E-state index is 0.0691. The normalized spacial score (nSPS) is 27.8. The topological polar surface area (TPSA) is 46.6 Å². The van der Waals surface area contributed by atoms with E-state index in [4.69, 9.17) is 4.74 Å². The third-order valence-electron chi connectivity index (χ3n) is 5.12. The number of halogens is 1. The van der Waals surface area contributed by atoms with Gasteiger partial charge in [0.2, 0.25) is 0 Å². The number of nitrogens with zero attached hydrogens (tertiary/aromatic N) is 1. The fourth-order valence-corrected chi connectivity index (χ4v) is 5.20. The van der Waals surface area contributed by atoms with Gasteiger partial charge in [0.05, 0.1) is 5.56 Å². The molecule has 1 saturated carbocycles. The summed E-state index contributed by atoms with van der Waals surface area (Å²) in [6.45, 7) is 7.44. The predicted molar refractivity (Wildman–Crippen MR) is 101 cm³/mol. The highest BCUT2D eigenvalue weighted by Crippen LogP contribution is 2.52. The second kappa shape index (κ2) is 6.32. The summed E-state index contributed by atoms with van der Waals surface area (Å²) in [4.78, 5) is 26.6. The van der Waals surface area contributed by atoms with E-state index in [0.717, 1.165) is 29.4 Å². The van der Waals surface area contributed by atoms with Gasteiger partial charge in [-0.2, -0.15) is 0 Å². The van der Waals surface area contributed by atoms with Crippen LogP contribution in [-0.2, 0) is 9.53 Å². The third kappa shape index (κ3) is 3.76. The van der Waals surface area contributed by atoms with Gasteiger partial charge in [0, 0.05) is 16.2 Å². The van der Waals surface area contributed by atoms with Crippen molar-refractivity contribution in [3.8, 4) is 0 Å². The molecule has 2 bridgehead atoms. The van der Waals surface area contributed by atoms with Gasteiger partial charge >= 0.3 is 5.97 Å². The monoisotopic (exact) mass is 441 g/mol. The molecule has 0 unspecified atom stereocenters.